The van der Waals surface area contributed by atoms with Crippen LogP contribution >= 0.6 is 0 Å². The Hall–Kier alpha value is -3.57. The Morgan fingerprint density at radius 3 is 2.88 bits per heavy atom. The fourth-order valence-electron chi connectivity index (χ4n) is 4.18. The minimum absolute atomic E-state index is 0.206. The summed E-state index contributed by atoms with van der Waals surface area (Å²) in [5.41, 5.74) is 1.63. The Labute approximate surface area is 197 Å². The number of fused-ring (bicyclic) bond motifs is 3. The van der Waals surface area contributed by atoms with Gasteiger partial charge in [-0.2, -0.15) is 0 Å². The Morgan fingerprint density at radius 1 is 1.21 bits per heavy atom. The van der Waals surface area contributed by atoms with Crippen LogP contribution in [0.15, 0.2) is 40.7 Å². The van der Waals surface area contributed by atoms with Crippen molar-refractivity contribution in [2.24, 2.45) is 9.98 Å². The van der Waals surface area contributed by atoms with Gasteiger partial charge in [-0.05, 0) is 18.6 Å². The number of amidine groups is 1. The number of ether oxygens (including phenoxy) is 3. The van der Waals surface area contributed by atoms with Crippen LogP contribution in [-0.2, 0) is 4.74 Å². The number of hydrogen-bond donors (Lipinski definition) is 1. The largest absolute Gasteiger partial charge is 0.491 e. The summed E-state index contributed by atoms with van der Waals surface area (Å²) in [6, 6.07) is 3.83. The van der Waals surface area contributed by atoms with Crippen LogP contribution in [0.4, 0.5) is 5.69 Å². The van der Waals surface area contributed by atoms with Gasteiger partial charge in [-0.25, -0.2) is 9.98 Å². The van der Waals surface area contributed by atoms with Gasteiger partial charge in [0, 0.05) is 44.1 Å². The summed E-state index contributed by atoms with van der Waals surface area (Å²) in [7, 11) is 1.59. The van der Waals surface area contributed by atoms with Crippen molar-refractivity contribution in [3.63, 3.8) is 0 Å². The van der Waals surface area contributed by atoms with Gasteiger partial charge in [-0.1, -0.05) is 0 Å². The van der Waals surface area contributed by atoms with Gasteiger partial charge in [0.1, 0.15) is 17.2 Å². The molecule has 0 bridgehead atoms. The summed E-state index contributed by atoms with van der Waals surface area (Å²) in [5.74, 6) is 1.86. The molecule has 178 valence electrons. The topological polar surface area (TPSA) is 114 Å². The number of nitrogens with one attached hydrogen (secondary N) is 1. The number of carbonyl (C=O) groups excluding carboxylic acids is 1. The van der Waals surface area contributed by atoms with E-state index in [-0.39, 0.29) is 5.69 Å². The normalized spacial score (nSPS) is 17.4. The fourth-order valence-corrected chi connectivity index (χ4v) is 4.18. The Bertz CT molecular complexity index is 1100. The summed E-state index contributed by atoms with van der Waals surface area (Å²) in [4.78, 5) is 34.4. The number of guanidine groups is 1. The van der Waals surface area contributed by atoms with E-state index >= 15 is 0 Å². The second kappa shape index (κ2) is 10.1. The zero-order valence-corrected chi connectivity index (χ0v) is 19.1. The molecule has 1 fully saturated rings. The first-order valence-corrected chi connectivity index (χ1v) is 11.4. The van der Waals surface area contributed by atoms with Gasteiger partial charge in [-0.3, -0.25) is 29.9 Å². The number of nitrogens with zero attached hydrogens (tertiary/aromatic N) is 6. The second-order valence-corrected chi connectivity index (χ2v) is 7.99. The van der Waals surface area contributed by atoms with E-state index in [1.54, 1.807) is 7.11 Å². The fraction of sp³-hybridized carbons (Fsp3) is 0.435. The number of benzene rings is 1. The molecule has 3 aliphatic rings. The van der Waals surface area contributed by atoms with E-state index in [4.69, 9.17) is 19.2 Å². The number of carbonyl (C=O) groups is 1. The number of morpholine rings is 1. The smallest absolute Gasteiger partial charge is 0.278 e. The van der Waals surface area contributed by atoms with E-state index in [2.05, 4.69) is 25.2 Å². The maximum absolute atomic E-state index is 12.7. The molecule has 0 spiro atoms. The molecule has 1 aromatic heterocycles. The lowest BCUT2D eigenvalue weighted by Gasteiger charge is -2.28. The van der Waals surface area contributed by atoms with Gasteiger partial charge in [0.2, 0.25) is 5.96 Å². The number of methoxy groups -OCH3 is 1. The first-order chi connectivity index (χ1) is 16.7. The third kappa shape index (κ3) is 4.57. The molecule has 4 heterocycles. The van der Waals surface area contributed by atoms with Crippen LogP contribution < -0.4 is 14.8 Å². The molecule has 0 atom stereocenters. The third-order valence-electron chi connectivity index (χ3n) is 5.86. The maximum atomic E-state index is 12.7. The number of rotatable bonds is 7. The van der Waals surface area contributed by atoms with E-state index < -0.39 is 5.91 Å². The molecule has 0 aliphatic carbocycles. The molecule has 1 amide bonds. The zero-order chi connectivity index (χ0) is 23.3. The van der Waals surface area contributed by atoms with Gasteiger partial charge < -0.3 is 14.2 Å². The van der Waals surface area contributed by atoms with Crippen molar-refractivity contribution in [2.45, 2.75) is 6.42 Å². The summed E-state index contributed by atoms with van der Waals surface area (Å²) in [5, 5.41) is 2.85. The van der Waals surface area contributed by atoms with E-state index in [9.17, 15) is 4.79 Å². The zero-order valence-electron chi connectivity index (χ0n) is 19.1. The second-order valence-electron chi connectivity index (χ2n) is 7.99. The third-order valence-corrected chi connectivity index (χ3v) is 5.86. The number of aliphatic imine (C=N–C) groups is 2. The summed E-state index contributed by atoms with van der Waals surface area (Å²) >= 11 is 0. The molecule has 3 aliphatic heterocycles. The van der Waals surface area contributed by atoms with Gasteiger partial charge >= 0.3 is 0 Å². The first kappa shape index (κ1) is 22.2. The molecule has 11 nitrogen and oxygen atoms in total. The number of aromatic nitrogens is 2. The van der Waals surface area contributed by atoms with E-state index in [1.165, 1.54) is 18.6 Å². The molecule has 34 heavy (non-hydrogen) atoms. The highest BCUT2D eigenvalue weighted by atomic mass is 16.5. The summed E-state index contributed by atoms with van der Waals surface area (Å²) in [6.45, 7) is 6.23. The molecule has 0 radical (unpaired) electrons. The molecule has 11 heteroatoms. The van der Waals surface area contributed by atoms with Gasteiger partial charge in [0.05, 0.1) is 39.7 Å². The van der Waals surface area contributed by atoms with Crippen LogP contribution in [0.1, 0.15) is 22.5 Å². The van der Waals surface area contributed by atoms with Crippen LogP contribution in [-0.4, -0.2) is 97.1 Å². The van der Waals surface area contributed by atoms with Crippen molar-refractivity contribution >= 4 is 23.4 Å². The Morgan fingerprint density at radius 2 is 2.09 bits per heavy atom. The molecule has 1 saturated heterocycles. The van der Waals surface area contributed by atoms with Crippen molar-refractivity contribution < 1.29 is 19.0 Å². The Kier molecular flexibility index (Phi) is 6.63. The van der Waals surface area contributed by atoms with Crippen molar-refractivity contribution in [1.82, 2.24) is 25.1 Å². The van der Waals surface area contributed by atoms with Gasteiger partial charge in [-0.15, -0.1) is 0 Å². The van der Waals surface area contributed by atoms with Gasteiger partial charge in [0.15, 0.2) is 11.5 Å². The predicted octanol–water partition coefficient (Wildman–Crippen LogP) is 1.08. The van der Waals surface area contributed by atoms with Crippen LogP contribution in [0.3, 0.4) is 0 Å². The monoisotopic (exact) mass is 465 g/mol. The lowest BCUT2D eigenvalue weighted by atomic mass is 10.1. The summed E-state index contributed by atoms with van der Waals surface area (Å²) in [6.07, 6.45) is 5.30. The molecular formula is C23H27N7O4. The lowest BCUT2D eigenvalue weighted by Crippen LogP contribution is -2.47. The highest BCUT2D eigenvalue weighted by Gasteiger charge is 2.33. The molecule has 0 unspecified atom stereocenters. The van der Waals surface area contributed by atoms with E-state index in [0.717, 1.165) is 50.7 Å². The average molecular weight is 466 g/mol. The van der Waals surface area contributed by atoms with Crippen molar-refractivity contribution in [2.75, 3.05) is 59.7 Å². The van der Waals surface area contributed by atoms with Crippen LogP contribution in [0.5, 0.6) is 11.5 Å². The predicted molar refractivity (Wildman–Crippen MR) is 125 cm³/mol. The van der Waals surface area contributed by atoms with Crippen molar-refractivity contribution in [3.8, 4) is 11.5 Å². The standard InChI is InChI=1S/C23H27N7O4/c1-32-20-18(34-12-2-8-29-10-13-33-14-11-29)4-3-16-19(20)27-23(30-9-7-26-21(16)30)28-22(31)17-15-24-5-6-25-17/h3-6,15H,2,7-14H2,1H3,(H,27,28,31). The van der Waals surface area contributed by atoms with Crippen LogP contribution in [0.2, 0.25) is 0 Å². The highest BCUT2D eigenvalue weighted by Crippen LogP contribution is 2.43. The minimum Gasteiger partial charge on any atom is -0.491 e. The van der Waals surface area contributed by atoms with Gasteiger partial charge in [0.25, 0.3) is 5.91 Å². The molecule has 1 aromatic carbocycles. The Balaban J connectivity index is 1.35. The molecular weight excluding hydrogens is 438 g/mol. The highest BCUT2D eigenvalue weighted by molar-refractivity contribution is 6.19. The molecule has 1 N–H and O–H groups in total. The molecule has 5 rings (SSSR count). The maximum Gasteiger partial charge on any atom is 0.278 e. The van der Waals surface area contributed by atoms with E-state index in [0.29, 0.717) is 42.8 Å². The van der Waals surface area contributed by atoms with Crippen LogP contribution in [0.25, 0.3) is 0 Å². The molecule has 2 aromatic rings. The van der Waals surface area contributed by atoms with E-state index in [1.807, 2.05) is 17.0 Å². The SMILES string of the molecule is COc1c(OCCCN2CCOCC2)ccc2c1N=C(NC(=O)c1cnccn1)N1CCN=C21. The molecule has 0 saturated carbocycles. The first-order valence-electron chi connectivity index (χ1n) is 11.4. The summed E-state index contributed by atoms with van der Waals surface area (Å²) < 4.78 is 17.2. The van der Waals surface area contributed by atoms with Crippen molar-refractivity contribution in [1.29, 1.82) is 0 Å². The van der Waals surface area contributed by atoms with Crippen LogP contribution in [0, 0.1) is 0 Å². The minimum atomic E-state index is -0.393. The number of amides is 1. The average Bonchev–Trinajstić information content (AvgIpc) is 3.38. The quantitative estimate of drug-likeness (QED) is 0.605. The van der Waals surface area contributed by atoms with Crippen molar-refractivity contribution in [3.05, 3.63) is 42.0 Å². The lowest BCUT2D eigenvalue weighted by molar-refractivity contribution is 0.0357. The number of hydrogen-bond acceptors (Lipinski definition) is 10.